The number of carbonyl (C=O) groups is 1. The summed E-state index contributed by atoms with van der Waals surface area (Å²) in [5.74, 6) is -1.61. The molecule has 0 unspecified atom stereocenters. The van der Waals surface area contributed by atoms with Crippen molar-refractivity contribution in [2.45, 2.75) is 56.1 Å². The van der Waals surface area contributed by atoms with E-state index in [4.69, 9.17) is 5.26 Å². The first-order valence-corrected chi connectivity index (χ1v) is 10.6. The molecular formula is C19H21FN2O3S2. The van der Waals surface area contributed by atoms with Gasteiger partial charge in [0, 0.05) is 10.8 Å². The second kappa shape index (κ2) is 7.13. The number of aromatic nitrogens is 1. The molecule has 0 aliphatic heterocycles. The minimum absolute atomic E-state index is 0.00748. The number of Topliss-reactive ketones (excluding diaryl/α,β-unsaturated/α-hetero) is 1. The third kappa shape index (κ3) is 4.09. The van der Waals surface area contributed by atoms with E-state index in [0.29, 0.717) is 5.01 Å². The van der Waals surface area contributed by atoms with Crippen molar-refractivity contribution < 1.29 is 17.6 Å². The Morgan fingerprint density at radius 2 is 1.89 bits per heavy atom. The minimum Gasteiger partial charge on any atom is -0.297 e. The third-order valence-corrected chi connectivity index (χ3v) is 7.66. The topological polar surface area (TPSA) is 87.9 Å². The molecule has 1 heterocycles. The predicted octanol–water partition coefficient (Wildman–Crippen LogP) is 3.82. The Bertz CT molecular complexity index is 1030. The van der Waals surface area contributed by atoms with Crippen LogP contribution in [0.3, 0.4) is 0 Å². The molecule has 144 valence electrons. The van der Waals surface area contributed by atoms with E-state index in [1.54, 1.807) is 6.07 Å². The van der Waals surface area contributed by atoms with Gasteiger partial charge >= 0.3 is 0 Å². The Kier molecular flexibility index (Phi) is 5.60. The van der Waals surface area contributed by atoms with Crippen LogP contribution in [0.15, 0.2) is 28.5 Å². The van der Waals surface area contributed by atoms with Gasteiger partial charge in [-0.2, -0.15) is 5.26 Å². The molecule has 0 bridgehead atoms. The molecule has 5 nitrogen and oxygen atoms in total. The second-order valence-corrected chi connectivity index (χ2v) is 11.2. The monoisotopic (exact) mass is 408 g/mol. The van der Waals surface area contributed by atoms with E-state index in [1.807, 2.05) is 26.2 Å². The largest absolute Gasteiger partial charge is 0.297 e. The highest BCUT2D eigenvalue weighted by Gasteiger charge is 2.43. The van der Waals surface area contributed by atoms with Crippen LogP contribution in [0.1, 0.15) is 50.9 Å². The summed E-state index contributed by atoms with van der Waals surface area (Å²) in [5.41, 5.74) is 0.660. The maximum absolute atomic E-state index is 14.2. The lowest BCUT2D eigenvalue weighted by molar-refractivity contribution is -0.120. The highest BCUT2D eigenvalue weighted by molar-refractivity contribution is 7.93. The van der Waals surface area contributed by atoms with Crippen molar-refractivity contribution in [3.05, 3.63) is 45.7 Å². The maximum Gasteiger partial charge on any atom is 0.193 e. The van der Waals surface area contributed by atoms with Crippen LogP contribution in [0.5, 0.6) is 0 Å². The number of halogens is 1. The van der Waals surface area contributed by atoms with Crippen molar-refractivity contribution in [2.24, 2.45) is 0 Å². The predicted molar refractivity (Wildman–Crippen MR) is 102 cm³/mol. The molecule has 0 amide bonds. The van der Waals surface area contributed by atoms with Gasteiger partial charge in [-0.3, -0.25) is 4.79 Å². The first-order valence-electron chi connectivity index (χ1n) is 8.23. The zero-order valence-corrected chi connectivity index (χ0v) is 17.5. The van der Waals surface area contributed by atoms with Crippen LogP contribution in [0, 0.1) is 17.1 Å². The lowest BCUT2D eigenvalue weighted by atomic mass is 9.93. The summed E-state index contributed by atoms with van der Waals surface area (Å²) in [6.07, 6.45) is -0.148. The quantitative estimate of drug-likeness (QED) is 0.750. The van der Waals surface area contributed by atoms with Gasteiger partial charge in [-0.05, 0) is 32.0 Å². The fourth-order valence-electron chi connectivity index (χ4n) is 2.30. The number of nitriles is 1. The molecule has 0 aliphatic rings. The minimum atomic E-state index is -4.29. The molecule has 2 aromatic rings. The van der Waals surface area contributed by atoms with E-state index in [-0.39, 0.29) is 17.4 Å². The van der Waals surface area contributed by atoms with E-state index >= 15 is 0 Å². The van der Waals surface area contributed by atoms with Crippen LogP contribution >= 0.6 is 11.3 Å². The number of benzene rings is 1. The number of rotatable bonds is 5. The van der Waals surface area contributed by atoms with Gasteiger partial charge in [0.2, 0.25) is 0 Å². The first kappa shape index (κ1) is 21.2. The molecule has 0 N–H and O–H groups in total. The lowest BCUT2D eigenvalue weighted by Crippen LogP contribution is -2.42. The van der Waals surface area contributed by atoms with Gasteiger partial charge in [-0.15, -0.1) is 11.3 Å². The number of hydrogen-bond acceptors (Lipinski definition) is 6. The van der Waals surface area contributed by atoms with E-state index < -0.39 is 31.1 Å². The summed E-state index contributed by atoms with van der Waals surface area (Å²) < 4.78 is 38.2. The zero-order chi connectivity index (χ0) is 20.6. The molecular weight excluding hydrogens is 387 g/mol. The SMILES string of the molecule is CC(C)(C)c1csc(CC(=O)C(C)(C)S(=O)(=O)c2ccc(C#N)cc2F)n1. The van der Waals surface area contributed by atoms with Crippen molar-refractivity contribution in [1.82, 2.24) is 4.98 Å². The highest BCUT2D eigenvalue weighted by atomic mass is 32.2. The van der Waals surface area contributed by atoms with Crippen molar-refractivity contribution >= 4 is 27.0 Å². The van der Waals surface area contributed by atoms with Gasteiger partial charge < -0.3 is 0 Å². The average Bonchev–Trinajstić information content (AvgIpc) is 3.02. The van der Waals surface area contributed by atoms with Crippen molar-refractivity contribution in [3.8, 4) is 6.07 Å². The zero-order valence-electron chi connectivity index (χ0n) is 15.8. The van der Waals surface area contributed by atoms with Crippen molar-refractivity contribution in [2.75, 3.05) is 0 Å². The van der Waals surface area contributed by atoms with Crippen LogP contribution < -0.4 is 0 Å². The van der Waals surface area contributed by atoms with Gasteiger partial charge in [-0.25, -0.2) is 17.8 Å². The number of hydrogen-bond donors (Lipinski definition) is 0. The molecule has 1 aromatic heterocycles. The fraction of sp³-hybridized carbons (Fsp3) is 0.421. The summed E-state index contributed by atoms with van der Waals surface area (Å²) in [6, 6.07) is 4.84. The highest BCUT2D eigenvalue weighted by Crippen LogP contribution is 2.31. The normalized spacial score (nSPS) is 12.6. The number of thiazole rings is 1. The van der Waals surface area contributed by atoms with Gasteiger partial charge in [0.15, 0.2) is 15.6 Å². The fourth-order valence-corrected chi connectivity index (χ4v) is 4.80. The van der Waals surface area contributed by atoms with Crippen LogP contribution in [0.25, 0.3) is 0 Å². The molecule has 0 atom stereocenters. The average molecular weight is 409 g/mol. The maximum atomic E-state index is 14.2. The number of ketones is 1. The summed E-state index contributed by atoms with van der Waals surface area (Å²) in [4.78, 5) is 16.6. The molecule has 0 radical (unpaired) electrons. The Labute approximate surface area is 162 Å². The third-order valence-electron chi connectivity index (χ3n) is 4.33. The number of sulfone groups is 1. The van der Waals surface area contributed by atoms with E-state index in [1.165, 1.54) is 31.3 Å². The molecule has 27 heavy (non-hydrogen) atoms. The van der Waals surface area contributed by atoms with Crippen molar-refractivity contribution in [3.63, 3.8) is 0 Å². The summed E-state index contributed by atoms with van der Waals surface area (Å²) in [5, 5.41) is 11.2. The molecule has 2 rings (SSSR count). The van der Waals surface area contributed by atoms with E-state index in [9.17, 15) is 17.6 Å². The van der Waals surface area contributed by atoms with Gasteiger partial charge in [-0.1, -0.05) is 20.8 Å². The molecule has 0 spiro atoms. The Morgan fingerprint density at radius 1 is 1.26 bits per heavy atom. The van der Waals surface area contributed by atoms with Crippen LogP contribution in [-0.2, 0) is 26.5 Å². The number of nitrogens with zero attached hydrogens (tertiary/aromatic N) is 2. The molecule has 0 aliphatic carbocycles. The first-order chi connectivity index (χ1) is 12.3. The van der Waals surface area contributed by atoms with Crippen molar-refractivity contribution in [1.29, 1.82) is 5.26 Å². The number of carbonyl (C=O) groups excluding carboxylic acids is 1. The summed E-state index contributed by atoms with van der Waals surface area (Å²) >= 11 is 1.30. The molecule has 8 heteroatoms. The second-order valence-electron chi connectivity index (χ2n) is 7.75. The van der Waals surface area contributed by atoms with Crippen LogP contribution in [0.2, 0.25) is 0 Å². The lowest BCUT2D eigenvalue weighted by Gasteiger charge is -2.23. The Morgan fingerprint density at radius 3 is 2.37 bits per heavy atom. The summed E-state index contributed by atoms with van der Waals surface area (Å²) in [6.45, 7) is 8.52. The molecule has 0 saturated carbocycles. The Hall–Kier alpha value is -2.11. The molecule has 1 aromatic carbocycles. The molecule has 0 fully saturated rings. The smallest absolute Gasteiger partial charge is 0.193 e. The van der Waals surface area contributed by atoms with Crippen LogP contribution in [0.4, 0.5) is 4.39 Å². The Balaban J connectivity index is 2.34. The van der Waals surface area contributed by atoms with Gasteiger partial charge in [0.05, 0.1) is 23.7 Å². The standard InChI is InChI=1S/C19H21FN2O3S2/c1-18(2,3)15-11-26-17(22-15)9-16(23)19(4,5)27(24,25)14-7-6-12(10-21)8-13(14)20/h6-8,11H,9H2,1-5H3. The summed E-state index contributed by atoms with van der Waals surface area (Å²) in [7, 11) is -4.29. The van der Waals surface area contributed by atoms with E-state index in [2.05, 4.69) is 4.98 Å². The van der Waals surface area contributed by atoms with Gasteiger partial charge in [0.25, 0.3) is 0 Å². The molecule has 0 saturated heterocycles. The van der Waals surface area contributed by atoms with Crippen LogP contribution in [-0.4, -0.2) is 23.9 Å². The van der Waals surface area contributed by atoms with E-state index in [0.717, 1.165) is 17.8 Å². The van der Waals surface area contributed by atoms with Gasteiger partial charge in [0.1, 0.15) is 20.5 Å².